The maximum absolute atomic E-state index is 12.0. The highest BCUT2D eigenvalue weighted by atomic mass is 16.2. The van der Waals surface area contributed by atoms with E-state index in [-0.39, 0.29) is 5.92 Å². The summed E-state index contributed by atoms with van der Waals surface area (Å²) in [5.74, 6) is 1.33. The number of carbonyl (C=O) groups is 1. The second-order valence-corrected chi connectivity index (χ2v) is 7.21. The number of amides is 1. The molecule has 0 unspecified atom stereocenters. The molecule has 2 aliphatic heterocycles. The molecule has 122 valence electrons. The molecule has 0 N–H and O–H groups in total. The summed E-state index contributed by atoms with van der Waals surface area (Å²) >= 11 is 0. The molecule has 0 aliphatic carbocycles. The van der Waals surface area contributed by atoms with Gasteiger partial charge in [-0.2, -0.15) is 0 Å². The van der Waals surface area contributed by atoms with E-state index in [1.54, 1.807) is 0 Å². The average Bonchev–Trinajstić information content (AvgIpc) is 2.49. The first-order chi connectivity index (χ1) is 10.1. The lowest BCUT2D eigenvalue weighted by molar-refractivity contribution is -0.135. The second kappa shape index (κ2) is 8.14. The standard InChI is InChI=1S/C17H33N3O/c1-15(2)17(21)20-9-6-16(7-10-20)5-4-8-19-13-11-18(3)12-14-19/h15-16H,4-14H2,1-3H3. The summed E-state index contributed by atoms with van der Waals surface area (Å²) in [5, 5.41) is 0. The fraction of sp³-hybridized carbons (Fsp3) is 0.941. The Morgan fingerprint density at radius 2 is 1.67 bits per heavy atom. The fourth-order valence-corrected chi connectivity index (χ4v) is 3.48. The van der Waals surface area contributed by atoms with E-state index in [2.05, 4.69) is 21.7 Å². The first kappa shape index (κ1) is 16.8. The van der Waals surface area contributed by atoms with Crippen molar-refractivity contribution in [3.05, 3.63) is 0 Å². The summed E-state index contributed by atoms with van der Waals surface area (Å²) < 4.78 is 0. The zero-order valence-corrected chi connectivity index (χ0v) is 14.2. The maximum Gasteiger partial charge on any atom is 0.225 e. The minimum atomic E-state index is 0.152. The van der Waals surface area contributed by atoms with Gasteiger partial charge in [0.25, 0.3) is 0 Å². The number of nitrogens with zero attached hydrogens (tertiary/aromatic N) is 3. The molecule has 2 heterocycles. The lowest BCUT2D eigenvalue weighted by Gasteiger charge is -2.34. The lowest BCUT2D eigenvalue weighted by atomic mass is 9.91. The molecule has 0 atom stereocenters. The SMILES string of the molecule is CC(C)C(=O)N1CCC(CCCN2CCN(C)CC2)CC1. The van der Waals surface area contributed by atoms with Crippen LogP contribution in [0.5, 0.6) is 0 Å². The Morgan fingerprint density at radius 3 is 2.24 bits per heavy atom. The molecular formula is C17H33N3O. The Hall–Kier alpha value is -0.610. The molecular weight excluding hydrogens is 262 g/mol. The van der Waals surface area contributed by atoms with Crippen LogP contribution in [-0.2, 0) is 4.79 Å². The Kier molecular flexibility index (Phi) is 6.49. The Labute approximate surface area is 130 Å². The van der Waals surface area contributed by atoms with Crippen LogP contribution in [0.15, 0.2) is 0 Å². The van der Waals surface area contributed by atoms with Crippen LogP contribution in [0.2, 0.25) is 0 Å². The molecule has 0 aromatic heterocycles. The molecule has 2 aliphatic rings. The highest BCUT2D eigenvalue weighted by Gasteiger charge is 2.24. The van der Waals surface area contributed by atoms with E-state index in [1.807, 2.05) is 13.8 Å². The smallest absolute Gasteiger partial charge is 0.225 e. The molecule has 2 rings (SSSR count). The van der Waals surface area contributed by atoms with Crippen molar-refractivity contribution in [1.29, 1.82) is 0 Å². The summed E-state index contributed by atoms with van der Waals surface area (Å²) in [4.78, 5) is 19.1. The molecule has 21 heavy (non-hydrogen) atoms. The summed E-state index contributed by atoms with van der Waals surface area (Å²) in [6, 6.07) is 0. The van der Waals surface area contributed by atoms with Crippen molar-refractivity contribution in [2.45, 2.75) is 39.5 Å². The monoisotopic (exact) mass is 295 g/mol. The van der Waals surface area contributed by atoms with E-state index in [4.69, 9.17) is 0 Å². The average molecular weight is 295 g/mol. The molecule has 0 spiro atoms. The van der Waals surface area contributed by atoms with Gasteiger partial charge in [-0.25, -0.2) is 0 Å². The molecule has 0 bridgehead atoms. The van der Waals surface area contributed by atoms with Crippen molar-refractivity contribution in [3.63, 3.8) is 0 Å². The third-order valence-electron chi connectivity index (χ3n) is 5.10. The zero-order chi connectivity index (χ0) is 15.2. The van der Waals surface area contributed by atoms with E-state index < -0.39 is 0 Å². The normalized spacial score (nSPS) is 23.0. The molecule has 0 aromatic carbocycles. The van der Waals surface area contributed by atoms with Crippen LogP contribution >= 0.6 is 0 Å². The van der Waals surface area contributed by atoms with Crippen molar-refractivity contribution in [1.82, 2.24) is 14.7 Å². The summed E-state index contributed by atoms with van der Waals surface area (Å²) in [6.45, 7) is 12.1. The number of rotatable bonds is 5. The van der Waals surface area contributed by atoms with Crippen molar-refractivity contribution >= 4 is 5.91 Å². The Morgan fingerprint density at radius 1 is 1.05 bits per heavy atom. The number of likely N-dealkylation sites (tertiary alicyclic amines) is 1. The van der Waals surface area contributed by atoms with Gasteiger partial charge in [-0.05, 0) is 45.2 Å². The third kappa shape index (κ3) is 5.26. The van der Waals surface area contributed by atoms with E-state index in [0.717, 1.165) is 19.0 Å². The number of hydrogen-bond acceptors (Lipinski definition) is 3. The molecule has 4 nitrogen and oxygen atoms in total. The summed E-state index contributed by atoms with van der Waals surface area (Å²) in [6.07, 6.45) is 5.09. The van der Waals surface area contributed by atoms with E-state index in [1.165, 1.54) is 58.4 Å². The number of piperazine rings is 1. The molecule has 4 heteroatoms. The van der Waals surface area contributed by atoms with Crippen molar-refractivity contribution in [2.24, 2.45) is 11.8 Å². The van der Waals surface area contributed by atoms with Gasteiger partial charge >= 0.3 is 0 Å². The Balaban J connectivity index is 1.58. The molecule has 2 saturated heterocycles. The number of hydrogen-bond donors (Lipinski definition) is 0. The molecule has 0 saturated carbocycles. The van der Waals surface area contributed by atoms with Crippen LogP contribution in [-0.4, -0.2) is 73.5 Å². The molecule has 0 radical (unpaired) electrons. The summed E-state index contributed by atoms with van der Waals surface area (Å²) in [5.41, 5.74) is 0. The van der Waals surface area contributed by atoms with Crippen molar-refractivity contribution in [3.8, 4) is 0 Å². The van der Waals surface area contributed by atoms with Gasteiger partial charge in [-0.3, -0.25) is 4.79 Å². The second-order valence-electron chi connectivity index (χ2n) is 7.21. The largest absolute Gasteiger partial charge is 0.342 e. The van der Waals surface area contributed by atoms with Crippen LogP contribution in [0.4, 0.5) is 0 Å². The van der Waals surface area contributed by atoms with Gasteiger partial charge in [0.15, 0.2) is 0 Å². The molecule has 2 fully saturated rings. The van der Waals surface area contributed by atoms with Crippen LogP contribution < -0.4 is 0 Å². The van der Waals surface area contributed by atoms with E-state index >= 15 is 0 Å². The van der Waals surface area contributed by atoms with Gasteiger partial charge in [0.2, 0.25) is 5.91 Å². The fourth-order valence-electron chi connectivity index (χ4n) is 3.48. The van der Waals surface area contributed by atoms with Crippen LogP contribution in [0, 0.1) is 11.8 Å². The van der Waals surface area contributed by atoms with Crippen LogP contribution in [0.3, 0.4) is 0 Å². The quantitative estimate of drug-likeness (QED) is 0.775. The van der Waals surface area contributed by atoms with E-state index in [9.17, 15) is 4.79 Å². The minimum absolute atomic E-state index is 0.152. The first-order valence-electron chi connectivity index (χ1n) is 8.76. The van der Waals surface area contributed by atoms with Gasteiger partial charge in [-0.15, -0.1) is 0 Å². The zero-order valence-electron chi connectivity index (χ0n) is 14.2. The first-order valence-corrected chi connectivity index (χ1v) is 8.76. The van der Waals surface area contributed by atoms with E-state index in [0.29, 0.717) is 5.91 Å². The predicted molar refractivity (Wildman–Crippen MR) is 87.3 cm³/mol. The Bertz CT molecular complexity index is 316. The number of carbonyl (C=O) groups excluding carboxylic acids is 1. The number of likely N-dealkylation sites (N-methyl/N-ethyl adjacent to an activating group) is 1. The van der Waals surface area contributed by atoms with Crippen molar-refractivity contribution in [2.75, 3.05) is 52.9 Å². The van der Waals surface area contributed by atoms with Gasteiger partial charge in [0.1, 0.15) is 0 Å². The minimum Gasteiger partial charge on any atom is -0.342 e. The van der Waals surface area contributed by atoms with Gasteiger partial charge in [-0.1, -0.05) is 13.8 Å². The maximum atomic E-state index is 12.0. The lowest BCUT2D eigenvalue weighted by Crippen LogP contribution is -2.44. The molecule has 1 amide bonds. The topological polar surface area (TPSA) is 26.8 Å². The predicted octanol–water partition coefficient (Wildman–Crippen LogP) is 1.91. The molecule has 0 aromatic rings. The van der Waals surface area contributed by atoms with Crippen LogP contribution in [0.1, 0.15) is 39.5 Å². The highest BCUT2D eigenvalue weighted by molar-refractivity contribution is 5.78. The summed E-state index contributed by atoms with van der Waals surface area (Å²) in [7, 11) is 2.21. The third-order valence-corrected chi connectivity index (χ3v) is 5.10. The van der Waals surface area contributed by atoms with Crippen LogP contribution in [0.25, 0.3) is 0 Å². The number of piperidine rings is 1. The van der Waals surface area contributed by atoms with Gasteiger partial charge in [0.05, 0.1) is 0 Å². The van der Waals surface area contributed by atoms with Gasteiger partial charge in [0, 0.05) is 45.2 Å². The van der Waals surface area contributed by atoms with Gasteiger partial charge < -0.3 is 14.7 Å². The van der Waals surface area contributed by atoms with Crippen molar-refractivity contribution < 1.29 is 4.79 Å². The highest BCUT2D eigenvalue weighted by Crippen LogP contribution is 2.23.